The van der Waals surface area contributed by atoms with Crippen molar-refractivity contribution in [2.24, 2.45) is 11.8 Å². The van der Waals surface area contributed by atoms with E-state index in [1.54, 1.807) is 16.8 Å². The SMILES string of the molecule is CC1CN(Cc2ccc(F)c(F)c2)CC1C1CC(c2ncc3c(=O)[nH]cnn23)CCO1. The number of H-pyrrole nitrogens is 1. The predicted octanol–water partition coefficient (Wildman–Crippen LogP) is 2.73. The van der Waals surface area contributed by atoms with Crippen molar-refractivity contribution in [1.29, 1.82) is 0 Å². The van der Waals surface area contributed by atoms with E-state index in [0.717, 1.165) is 37.3 Å². The summed E-state index contributed by atoms with van der Waals surface area (Å²) < 4.78 is 34.6. The van der Waals surface area contributed by atoms with Gasteiger partial charge >= 0.3 is 0 Å². The van der Waals surface area contributed by atoms with Crippen LogP contribution in [0.2, 0.25) is 0 Å². The molecule has 164 valence electrons. The number of hydrogen-bond acceptors (Lipinski definition) is 5. The molecule has 0 saturated carbocycles. The number of ether oxygens (including phenoxy) is 1. The minimum absolute atomic E-state index is 0.0815. The molecule has 0 bridgehead atoms. The van der Waals surface area contributed by atoms with Gasteiger partial charge in [-0.2, -0.15) is 5.10 Å². The summed E-state index contributed by atoms with van der Waals surface area (Å²) in [6.07, 6.45) is 4.71. The van der Waals surface area contributed by atoms with Crippen LogP contribution in [-0.2, 0) is 11.3 Å². The lowest BCUT2D eigenvalue weighted by Gasteiger charge is -2.34. The smallest absolute Gasteiger partial charge is 0.276 e. The Kier molecular flexibility index (Phi) is 5.31. The summed E-state index contributed by atoms with van der Waals surface area (Å²) in [6.45, 7) is 5.18. The van der Waals surface area contributed by atoms with E-state index < -0.39 is 11.6 Å². The maximum Gasteiger partial charge on any atom is 0.276 e. The summed E-state index contributed by atoms with van der Waals surface area (Å²) in [4.78, 5) is 21.3. The van der Waals surface area contributed by atoms with Crippen LogP contribution in [0, 0.1) is 23.5 Å². The van der Waals surface area contributed by atoms with Gasteiger partial charge in [0.05, 0.1) is 12.3 Å². The van der Waals surface area contributed by atoms with Crippen molar-refractivity contribution in [3.8, 4) is 0 Å². The Hall–Kier alpha value is -2.65. The molecular formula is C22H25F2N5O2. The van der Waals surface area contributed by atoms with Crippen LogP contribution in [0.25, 0.3) is 5.52 Å². The minimum Gasteiger partial charge on any atom is -0.378 e. The molecule has 0 spiro atoms. The number of likely N-dealkylation sites (tertiary alicyclic amines) is 1. The second kappa shape index (κ2) is 8.12. The number of nitrogens with one attached hydrogen (secondary N) is 1. The normalized spacial score (nSPS) is 27.2. The Morgan fingerprint density at radius 3 is 2.97 bits per heavy atom. The van der Waals surface area contributed by atoms with Gasteiger partial charge in [-0.3, -0.25) is 9.69 Å². The van der Waals surface area contributed by atoms with Crippen LogP contribution in [0.4, 0.5) is 8.78 Å². The van der Waals surface area contributed by atoms with Gasteiger partial charge < -0.3 is 9.72 Å². The maximum absolute atomic E-state index is 13.6. The number of imidazole rings is 1. The van der Waals surface area contributed by atoms with Gasteiger partial charge in [0.15, 0.2) is 17.2 Å². The predicted molar refractivity (Wildman–Crippen MR) is 110 cm³/mol. The van der Waals surface area contributed by atoms with Crippen molar-refractivity contribution in [2.75, 3.05) is 19.7 Å². The van der Waals surface area contributed by atoms with Crippen LogP contribution in [0.3, 0.4) is 0 Å². The van der Waals surface area contributed by atoms with E-state index >= 15 is 0 Å². The monoisotopic (exact) mass is 429 g/mol. The first-order valence-electron chi connectivity index (χ1n) is 10.7. The average Bonchev–Trinajstić information content (AvgIpc) is 3.35. The van der Waals surface area contributed by atoms with Gasteiger partial charge in [0.1, 0.15) is 12.2 Å². The van der Waals surface area contributed by atoms with E-state index in [0.29, 0.717) is 30.5 Å². The van der Waals surface area contributed by atoms with E-state index in [4.69, 9.17) is 4.74 Å². The molecule has 2 aliphatic heterocycles. The lowest BCUT2D eigenvalue weighted by atomic mass is 9.84. The average molecular weight is 429 g/mol. The van der Waals surface area contributed by atoms with Gasteiger partial charge in [0.25, 0.3) is 5.56 Å². The van der Waals surface area contributed by atoms with Crippen molar-refractivity contribution in [3.05, 3.63) is 64.1 Å². The molecule has 4 atom stereocenters. The van der Waals surface area contributed by atoms with Gasteiger partial charge in [-0.15, -0.1) is 0 Å². The van der Waals surface area contributed by atoms with Crippen LogP contribution in [-0.4, -0.2) is 50.3 Å². The molecule has 2 aliphatic rings. The number of fused-ring (bicyclic) bond motifs is 1. The molecule has 3 aromatic rings. The van der Waals surface area contributed by atoms with Gasteiger partial charge in [0, 0.05) is 38.1 Å². The molecule has 0 radical (unpaired) electrons. The topological polar surface area (TPSA) is 75.5 Å². The van der Waals surface area contributed by atoms with Crippen LogP contribution in [0.1, 0.15) is 37.1 Å². The van der Waals surface area contributed by atoms with Crippen LogP contribution in [0.5, 0.6) is 0 Å². The molecule has 4 unspecified atom stereocenters. The second-order valence-corrected chi connectivity index (χ2v) is 8.75. The number of halogens is 2. The van der Waals surface area contributed by atoms with Gasteiger partial charge in [-0.25, -0.2) is 18.3 Å². The molecule has 0 aliphatic carbocycles. The number of aromatic nitrogens is 4. The molecule has 5 rings (SSSR count). The quantitative estimate of drug-likeness (QED) is 0.690. The van der Waals surface area contributed by atoms with E-state index in [9.17, 15) is 13.6 Å². The zero-order chi connectivity index (χ0) is 21.5. The Morgan fingerprint density at radius 2 is 2.13 bits per heavy atom. The molecule has 7 nitrogen and oxygen atoms in total. The number of hydrogen-bond donors (Lipinski definition) is 1. The van der Waals surface area contributed by atoms with Crippen LogP contribution < -0.4 is 5.56 Å². The van der Waals surface area contributed by atoms with Crippen LogP contribution in [0.15, 0.2) is 35.5 Å². The van der Waals surface area contributed by atoms with Crippen LogP contribution >= 0.6 is 0 Å². The number of rotatable bonds is 4. The number of aromatic amines is 1. The fraction of sp³-hybridized carbons (Fsp3) is 0.500. The van der Waals surface area contributed by atoms with Crippen molar-refractivity contribution >= 4 is 5.52 Å². The highest BCUT2D eigenvalue weighted by atomic mass is 19.2. The third-order valence-electron chi connectivity index (χ3n) is 6.66. The fourth-order valence-corrected chi connectivity index (χ4v) is 5.10. The third-order valence-corrected chi connectivity index (χ3v) is 6.66. The van der Waals surface area contributed by atoms with E-state index in [2.05, 4.69) is 26.9 Å². The van der Waals surface area contributed by atoms with Crippen molar-refractivity contribution in [1.82, 2.24) is 24.5 Å². The first-order chi connectivity index (χ1) is 15.0. The second-order valence-electron chi connectivity index (χ2n) is 8.75. The Labute approximate surface area is 178 Å². The summed E-state index contributed by atoms with van der Waals surface area (Å²) in [6, 6.07) is 4.10. The summed E-state index contributed by atoms with van der Waals surface area (Å²) in [5, 5.41) is 4.28. The molecule has 0 amide bonds. The molecule has 9 heteroatoms. The summed E-state index contributed by atoms with van der Waals surface area (Å²) in [5.74, 6) is 0.115. The number of nitrogens with zero attached hydrogens (tertiary/aromatic N) is 4. The number of benzene rings is 1. The lowest BCUT2D eigenvalue weighted by Crippen LogP contribution is -2.35. The van der Waals surface area contributed by atoms with Gasteiger partial charge in [-0.05, 0) is 36.5 Å². The molecule has 1 N–H and O–H groups in total. The van der Waals surface area contributed by atoms with E-state index in [1.165, 1.54) is 18.5 Å². The molecule has 1 aromatic carbocycles. The van der Waals surface area contributed by atoms with Crippen molar-refractivity contribution in [2.45, 2.75) is 38.3 Å². The Balaban J connectivity index is 1.29. The highest BCUT2D eigenvalue weighted by Crippen LogP contribution is 2.37. The highest BCUT2D eigenvalue weighted by Gasteiger charge is 2.39. The van der Waals surface area contributed by atoms with Crippen molar-refractivity contribution < 1.29 is 13.5 Å². The first kappa shape index (κ1) is 20.3. The molecule has 2 aromatic heterocycles. The zero-order valence-corrected chi connectivity index (χ0v) is 17.3. The fourth-order valence-electron chi connectivity index (χ4n) is 5.10. The lowest BCUT2D eigenvalue weighted by molar-refractivity contribution is -0.0358. The molecular weight excluding hydrogens is 404 g/mol. The van der Waals surface area contributed by atoms with Gasteiger partial charge in [-0.1, -0.05) is 13.0 Å². The Morgan fingerprint density at radius 1 is 1.26 bits per heavy atom. The maximum atomic E-state index is 13.6. The molecule has 2 saturated heterocycles. The first-order valence-corrected chi connectivity index (χ1v) is 10.7. The highest BCUT2D eigenvalue weighted by molar-refractivity contribution is 5.42. The molecule has 31 heavy (non-hydrogen) atoms. The zero-order valence-electron chi connectivity index (χ0n) is 17.3. The third kappa shape index (κ3) is 3.87. The summed E-state index contributed by atoms with van der Waals surface area (Å²) in [5.41, 5.74) is 1.02. The van der Waals surface area contributed by atoms with Gasteiger partial charge in [0.2, 0.25) is 0 Å². The summed E-state index contributed by atoms with van der Waals surface area (Å²) >= 11 is 0. The minimum atomic E-state index is -0.818. The van der Waals surface area contributed by atoms with E-state index in [1.807, 2.05) is 0 Å². The van der Waals surface area contributed by atoms with E-state index in [-0.39, 0.29) is 17.6 Å². The largest absolute Gasteiger partial charge is 0.378 e. The standard InChI is InChI=1S/C22H25F2N5O2/c1-13-9-28(10-14-2-3-17(23)18(24)6-14)11-16(13)20-7-15(4-5-31-20)21-25-8-19-22(30)26-12-27-29(19)21/h2-3,6,8,12-13,15-16,20H,4-5,7,9-11H2,1H3,(H,26,27,30). The van der Waals surface area contributed by atoms with Crippen molar-refractivity contribution in [3.63, 3.8) is 0 Å². The molecule has 4 heterocycles. The molecule has 2 fully saturated rings. The Bertz CT molecular complexity index is 1150. The summed E-state index contributed by atoms with van der Waals surface area (Å²) in [7, 11) is 0.